The van der Waals surface area contributed by atoms with Crippen LogP contribution in [0.3, 0.4) is 0 Å². The summed E-state index contributed by atoms with van der Waals surface area (Å²) in [6.45, 7) is 2.75. The fourth-order valence-corrected chi connectivity index (χ4v) is 1.09. The molecule has 7 heteroatoms. The van der Waals surface area contributed by atoms with Gasteiger partial charge in [-0.15, -0.1) is 0 Å². The minimum Gasteiger partial charge on any atom is -0.273 e. The van der Waals surface area contributed by atoms with Crippen molar-refractivity contribution in [3.8, 4) is 0 Å². The number of hydrogen-bond donors (Lipinski definition) is 1. The number of hydrogen-bond acceptors (Lipinski definition) is 5. The van der Waals surface area contributed by atoms with Crippen LogP contribution in [-0.2, 0) is 4.79 Å². The fourth-order valence-electron chi connectivity index (χ4n) is 1.09. The van der Waals surface area contributed by atoms with E-state index < -0.39 is 10.8 Å². The molecule has 0 saturated heterocycles. The van der Waals surface area contributed by atoms with E-state index in [1.54, 1.807) is 6.92 Å². The lowest BCUT2D eigenvalue weighted by molar-refractivity contribution is -0.384. The number of pyridine rings is 1. The van der Waals surface area contributed by atoms with Crippen molar-refractivity contribution >= 4 is 17.4 Å². The van der Waals surface area contributed by atoms with E-state index in [-0.39, 0.29) is 11.5 Å². The molecule has 0 unspecified atom stereocenters. The number of hydrazine groups is 1. The van der Waals surface area contributed by atoms with E-state index in [0.717, 1.165) is 0 Å². The van der Waals surface area contributed by atoms with E-state index >= 15 is 0 Å². The molecule has 2 N–H and O–H groups in total. The molecule has 1 amide bonds. The second kappa shape index (κ2) is 4.01. The zero-order valence-corrected chi connectivity index (χ0v) is 8.30. The maximum atomic E-state index is 11.0. The first-order chi connectivity index (χ1) is 6.95. The van der Waals surface area contributed by atoms with Crippen LogP contribution in [0, 0.1) is 17.0 Å². The maximum Gasteiger partial charge on any atom is 0.316 e. The van der Waals surface area contributed by atoms with E-state index in [1.807, 2.05) is 0 Å². The molecular weight excluding hydrogens is 200 g/mol. The Kier molecular flexibility index (Phi) is 2.96. The van der Waals surface area contributed by atoms with Gasteiger partial charge < -0.3 is 0 Å². The highest BCUT2D eigenvalue weighted by molar-refractivity contribution is 5.91. The number of nitrogens with zero attached hydrogens (tertiary/aromatic N) is 3. The number of carbonyl (C=O) groups excluding carboxylic acids is 1. The zero-order chi connectivity index (χ0) is 11.6. The van der Waals surface area contributed by atoms with E-state index in [9.17, 15) is 14.9 Å². The molecule has 15 heavy (non-hydrogen) atoms. The van der Waals surface area contributed by atoms with Crippen molar-refractivity contribution < 1.29 is 9.72 Å². The molecule has 1 heterocycles. The number of aromatic nitrogens is 1. The van der Waals surface area contributed by atoms with Gasteiger partial charge in [0.2, 0.25) is 11.7 Å². The molecule has 7 nitrogen and oxygen atoms in total. The van der Waals surface area contributed by atoms with Gasteiger partial charge in [-0.05, 0) is 13.0 Å². The molecular formula is C8H10N4O3. The number of aryl methyl sites for hydroxylation is 1. The van der Waals surface area contributed by atoms with Crippen LogP contribution in [0.5, 0.6) is 0 Å². The van der Waals surface area contributed by atoms with Gasteiger partial charge in [0, 0.05) is 18.7 Å². The molecule has 0 bridgehead atoms. The van der Waals surface area contributed by atoms with E-state index in [4.69, 9.17) is 5.84 Å². The van der Waals surface area contributed by atoms with E-state index in [0.29, 0.717) is 10.6 Å². The summed E-state index contributed by atoms with van der Waals surface area (Å²) in [6.07, 6.45) is 1.36. The lowest BCUT2D eigenvalue weighted by Crippen LogP contribution is -2.36. The molecule has 0 saturated carbocycles. The molecule has 1 aromatic heterocycles. The van der Waals surface area contributed by atoms with Crippen molar-refractivity contribution in [3.05, 3.63) is 27.9 Å². The number of nitrogens with two attached hydrogens (primary N) is 1. The molecule has 0 fully saturated rings. The first-order valence-corrected chi connectivity index (χ1v) is 4.10. The monoisotopic (exact) mass is 210 g/mol. The van der Waals surface area contributed by atoms with Crippen molar-refractivity contribution in [1.82, 2.24) is 4.98 Å². The average Bonchev–Trinajstić information content (AvgIpc) is 2.15. The Labute approximate surface area is 85.6 Å². The Morgan fingerprint density at radius 1 is 1.67 bits per heavy atom. The molecule has 0 aliphatic heterocycles. The molecule has 0 atom stereocenters. The highest BCUT2D eigenvalue weighted by Gasteiger charge is 2.23. The third kappa shape index (κ3) is 2.08. The molecule has 1 rings (SSSR count). The van der Waals surface area contributed by atoms with Crippen LogP contribution >= 0.6 is 0 Å². The minimum absolute atomic E-state index is 0.146. The summed E-state index contributed by atoms with van der Waals surface area (Å²) in [6, 6.07) is 1.48. The highest BCUT2D eigenvalue weighted by atomic mass is 16.6. The van der Waals surface area contributed by atoms with Gasteiger partial charge in [0.05, 0.1) is 4.92 Å². The van der Waals surface area contributed by atoms with Crippen molar-refractivity contribution in [3.63, 3.8) is 0 Å². The first kappa shape index (κ1) is 11.1. The minimum atomic E-state index is -0.611. The molecule has 0 aromatic carbocycles. The van der Waals surface area contributed by atoms with Gasteiger partial charge in [0.15, 0.2) is 0 Å². The number of nitro groups is 1. The molecule has 80 valence electrons. The van der Waals surface area contributed by atoms with Crippen LogP contribution in [0.1, 0.15) is 12.5 Å². The van der Waals surface area contributed by atoms with Crippen LogP contribution in [-0.4, -0.2) is 15.8 Å². The Bertz CT molecular complexity index is 418. The number of anilines is 1. The van der Waals surface area contributed by atoms with E-state index in [1.165, 1.54) is 19.2 Å². The largest absolute Gasteiger partial charge is 0.316 e. The summed E-state index contributed by atoms with van der Waals surface area (Å²) in [5.41, 5.74) is 0.150. The standard InChI is InChI=1S/C8H10N4O3/c1-5-3-4-10-8(7(5)12(14)15)11(9)6(2)13/h3-4H,9H2,1-2H3. The second-order valence-corrected chi connectivity index (χ2v) is 2.95. The zero-order valence-electron chi connectivity index (χ0n) is 8.30. The summed E-state index contributed by atoms with van der Waals surface area (Å²) in [5, 5.41) is 11.4. The number of amides is 1. The van der Waals surface area contributed by atoms with Crippen LogP contribution < -0.4 is 10.9 Å². The van der Waals surface area contributed by atoms with Crippen molar-refractivity contribution in [2.75, 3.05) is 5.01 Å². The Hall–Kier alpha value is -2.02. The first-order valence-electron chi connectivity index (χ1n) is 4.10. The summed E-state index contributed by atoms with van der Waals surface area (Å²) in [5.74, 6) is 4.70. The molecule has 1 aromatic rings. The quantitative estimate of drug-likeness (QED) is 0.332. The van der Waals surface area contributed by atoms with Gasteiger partial charge in [-0.25, -0.2) is 15.8 Å². The van der Waals surface area contributed by atoms with Gasteiger partial charge >= 0.3 is 5.69 Å². The van der Waals surface area contributed by atoms with E-state index in [2.05, 4.69) is 4.98 Å². The Morgan fingerprint density at radius 2 is 2.27 bits per heavy atom. The van der Waals surface area contributed by atoms with Crippen molar-refractivity contribution in [1.29, 1.82) is 0 Å². The van der Waals surface area contributed by atoms with Gasteiger partial charge in [-0.2, -0.15) is 0 Å². The third-order valence-electron chi connectivity index (χ3n) is 1.86. The van der Waals surface area contributed by atoms with Crippen LogP contribution in [0.2, 0.25) is 0 Å². The Balaban J connectivity index is 3.35. The van der Waals surface area contributed by atoms with Crippen molar-refractivity contribution in [2.24, 2.45) is 5.84 Å². The molecule has 0 aliphatic rings. The predicted octanol–water partition coefficient (Wildman–Crippen LogP) is 0.525. The lowest BCUT2D eigenvalue weighted by atomic mass is 10.2. The molecule has 0 radical (unpaired) electrons. The van der Waals surface area contributed by atoms with Crippen molar-refractivity contribution in [2.45, 2.75) is 13.8 Å². The van der Waals surface area contributed by atoms with Crippen LogP contribution in [0.25, 0.3) is 0 Å². The predicted molar refractivity (Wildman–Crippen MR) is 53.0 cm³/mol. The average molecular weight is 210 g/mol. The number of carbonyl (C=O) groups is 1. The smallest absolute Gasteiger partial charge is 0.273 e. The van der Waals surface area contributed by atoms with Gasteiger partial charge in [-0.3, -0.25) is 14.9 Å². The third-order valence-corrected chi connectivity index (χ3v) is 1.86. The highest BCUT2D eigenvalue weighted by Crippen LogP contribution is 2.27. The molecule has 0 spiro atoms. The fraction of sp³-hybridized carbons (Fsp3) is 0.250. The van der Waals surface area contributed by atoms with Crippen LogP contribution in [0.4, 0.5) is 11.5 Å². The SMILES string of the molecule is CC(=O)N(N)c1nccc(C)c1[N+](=O)[O-]. The Morgan fingerprint density at radius 3 is 2.73 bits per heavy atom. The van der Waals surface area contributed by atoms with Gasteiger partial charge in [0.1, 0.15) is 0 Å². The topological polar surface area (TPSA) is 102 Å². The lowest BCUT2D eigenvalue weighted by Gasteiger charge is -2.13. The maximum absolute atomic E-state index is 11.0. The normalized spacial score (nSPS) is 9.80. The van der Waals surface area contributed by atoms with Crippen LogP contribution in [0.15, 0.2) is 12.3 Å². The number of rotatable bonds is 2. The molecule has 0 aliphatic carbocycles. The summed E-state index contributed by atoms with van der Waals surface area (Å²) in [4.78, 5) is 24.8. The van der Waals surface area contributed by atoms with Gasteiger partial charge in [-0.1, -0.05) is 0 Å². The summed E-state index contributed by atoms with van der Waals surface area (Å²) in [7, 11) is 0. The van der Waals surface area contributed by atoms with Gasteiger partial charge in [0.25, 0.3) is 0 Å². The second-order valence-electron chi connectivity index (χ2n) is 2.95. The summed E-state index contributed by atoms with van der Waals surface area (Å²) < 4.78 is 0. The summed E-state index contributed by atoms with van der Waals surface area (Å²) >= 11 is 0.